The molecule has 5 rings (SSSR count). The number of hydrogen-bond acceptors (Lipinski definition) is 1. The summed E-state index contributed by atoms with van der Waals surface area (Å²) in [5.41, 5.74) is 6.24. The first kappa shape index (κ1) is 26.8. The number of aliphatic carboxylic acids is 1. The fourth-order valence-electron chi connectivity index (χ4n) is 6.89. The Labute approximate surface area is 208 Å². The molecule has 0 bridgehead atoms. The van der Waals surface area contributed by atoms with Gasteiger partial charge in [0.15, 0.2) is 0 Å². The third-order valence-corrected chi connectivity index (χ3v) is 8.74. The summed E-state index contributed by atoms with van der Waals surface area (Å²) in [7, 11) is 0. The molecule has 2 heteroatoms. The lowest BCUT2D eigenvalue weighted by atomic mass is 9.58. The molecular formula is C32H48O2. The smallest absolute Gasteiger partial charge is 0.303 e. The fraction of sp³-hybridized carbons (Fsp3) is 0.656. The maximum Gasteiger partial charge on any atom is 0.303 e. The van der Waals surface area contributed by atoms with E-state index in [1.807, 2.05) is 47.5 Å². The highest BCUT2D eigenvalue weighted by molar-refractivity contribution is 5.66. The molecule has 1 N–H and O–H groups in total. The van der Waals surface area contributed by atoms with Crippen molar-refractivity contribution in [3.8, 4) is 0 Å². The van der Waals surface area contributed by atoms with Crippen LogP contribution in [0.25, 0.3) is 0 Å². The number of carboxylic acids is 1. The second kappa shape index (κ2) is 13.9. The molecule has 0 unspecified atom stereocenters. The van der Waals surface area contributed by atoms with Crippen molar-refractivity contribution in [2.24, 2.45) is 17.3 Å². The first-order valence-electron chi connectivity index (χ1n) is 14.2. The van der Waals surface area contributed by atoms with Crippen molar-refractivity contribution in [2.45, 2.75) is 117 Å². The van der Waals surface area contributed by atoms with Crippen LogP contribution in [0, 0.1) is 17.3 Å². The van der Waals surface area contributed by atoms with Gasteiger partial charge in [-0.25, -0.2) is 0 Å². The molecule has 3 atom stereocenters. The van der Waals surface area contributed by atoms with E-state index in [-0.39, 0.29) is 0 Å². The van der Waals surface area contributed by atoms with Crippen LogP contribution in [0.5, 0.6) is 0 Å². The summed E-state index contributed by atoms with van der Waals surface area (Å²) in [6.07, 6.45) is 22.9. The number of benzene rings is 1. The Kier molecular flexibility index (Phi) is 10.9. The molecule has 0 saturated heterocycles. The first-order chi connectivity index (χ1) is 16.5. The number of carbonyl (C=O) groups is 1. The second-order valence-corrected chi connectivity index (χ2v) is 11.1. The standard InChI is InChI=1S/C18H26.C8H16O2.C6H6/c1-18-11-4-7-17(18)16-9-8-13-5-2-3-6-14(13)15(16)10-12-18;1-2-3-4-5-6-7-8(9)10;1-2-4-6-5-3-1/h5,16-17H,2-4,6-12H2,1H3;2-7H2,1H3,(H,9,10);1-6H/t16-,17+,18+;;/m1../s1. The zero-order valence-electron chi connectivity index (χ0n) is 21.9. The molecule has 0 radical (unpaired) electrons. The Morgan fingerprint density at radius 3 is 2.29 bits per heavy atom. The fourth-order valence-corrected chi connectivity index (χ4v) is 6.89. The maximum atomic E-state index is 10.0. The van der Waals surface area contributed by atoms with Crippen LogP contribution in [0.4, 0.5) is 0 Å². The lowest BCUT2D eigenvalue weighted by Gasteiger charge is -2.47. The molecule has 0 amide bonds. The molecule has 1 aromatic carbocycles. The Bertz CT molecular complexity index is 779. The van der Waals surface area contributed by atoms with E-state index in [2.05, 4.69) is 19.9 Å². The second-order valence-electron chi connectivity index (χ2n) is 11.1. The summed E-state index contributed by atoms with van der Waals surface area (Å²) in [6.45, 7) is 4.75. The topological polar surface area (TPSA) is 37.3 Å². The number of rotatable bonds is 6. The molecule has 2 saturated carbocycles. The highest BCUT2D eigenvalue weighted by Gasteiger charge is 2.48. The minimum absolute atomic E-state index is 0.337. The lowest BCUT2D eigenvalue weighted by molar-refractivity contribution is -0.137. The van der Waals surface area contributed by atoms with Crippen LogP contribution in [0.2, 0.25) is 0 Å². The summed E-state index contributed by atoms with van der Waals surface area (Å²) in [5, 5.41) is 8.27. The highest BCUT2D eigenvalue weighted by Crippen LogP contribution is 2.59. The van der Waals surface area contributed by atoms with Crippen molar-refractivity contribution < 1.29 is 9.90 Å². The van der Waals surface area contributed by atoms with Crippen LogP contribution in [0.3, 0.4) is 0 Å². The minimum atomic E-state index is -0.670. The van der Waals surface area contributed by atoms with Gasteiger partial charge in [0, 0.05) is 6.42 Å². The average molecular weight is 465 g/mol. The number of allylic oxidation sites excluding steroid dienone is 4. The summed E-state index contributed by atoms with van der Waals surface area (Å²) >= 11 is 0. The van der Waals surface area contributed by atoms with Crippen LogP contribution in [0.1, 0.15) is 117 Å². The van der Waals surface area contributed by atoms with E-state index in [1.54, 1.807) is 5.57 Å². The molecule has 188 valence electrons. The molecule has 0 heterocycles. The van der Waals surface area contributed by atoms with Gasteiger partial charge in [-0.2, -0.15) is 0 Å². The van der Waals surface area contributed by atoms with Crippen molar-refractivity contribution in [1.82, 2.24) is 0 Å². The van der Waals surface area contributed by atoms with Crippen molar-refractivity contribution >= 4 is 5.97 Å². The van der Waals surface area contributed by atoms with Gasteiger partial charge in [-0.05, 0) is 92.6 Å². The van der Waals surface area contributed by atoms with Gasteiger partial charge < -0.3 is 5.11 Å². The SMILES string of the molecule is CCCCCCCC(=O)O.C[C@@]12CCC[C@H]1[C@@H]1CCC3=CCCCC3=C1CC2.c1ccccc1. The number of unbranched alkanes of at least 4 members (excludes halogenated alkanes) is 4. The molecular weight excluding hydrogens is 416 g/mol. The van der Waals surface area contributed by atoms with E-state index < -0.39 is 5.97 Å². The zero-order valence-corrected chi connectivity index (χ0v) is 21.9. The molecule has 1 aromatic rings. The summed E-state index contributed by atoms with van der Waals surface area (Å²) in [5.74, 6) is 1.35. The van der Waals surface area contributed by atoms with Gasteiger partial charge >= 0.3 is 5.97 Å². The minimum Gasteiger partial charge on any atom is -0.481 e. The molecule has 0 aromatic heterocycles. The Morgan fingerprint density at radius 1 is 0.912 bits per heavy atom. The van der Waals surface area contributed by atoms with Gasteiger partial charge in [-0.15, -0.1) is 0 Å². The van der Waals surface area contributed by atoms with Gasteiger partial charge in [0.1, 0.15) is 0 Å². The molecule has 4 aliphatic rings. The predicted octanol–water partition coefficient (Wildman–Crippen LogP) is 9.52. The number of carboxylic acid groups (broad SMARTS) is 1. The predicted molar refractivity (Wildman–Crippen MR) is 144 cm³/mol. The maximum absolute atomic E-state index is 10.0. The van der Waals surface area contributed by atoms with Crippen molar-refractivity contribution in [2.75, 3.05) is 0 Å². The normalized spacial score (nSPS) is 27.1. The summed E-state index contributed by atoms with van der Waals surface area (Å²) in [4.78, 5) is 10.0. The first-order valence-corrected chi connectivity index (χ1v) is 14.2. The van der Waals surface area contributed by atoms with E-state index in [4.69, 9.17) is 5.11 Å². The lowest BCUT2D eigenvalue weighted by Crippen LogP contribution is -2.36. The largest absolute Gasteiger partial charge is 0.481 e. The van der Waals surface area contributed by atoms with Crippen molar-refractivity contribution in [3.05, 3.63) is 59.2 Å². The molecule has 4 aliphatic carbocycles. The summed E-state index contributed by atoms with van der Waals surface area (Å²) in [6, 6.07) is 12.0. The van der Waals surface area contributed by atoms with E-state index in [1.165, 1.54) is 83.5 Å². The van der Waals surface area contributed by atoms with Gasteiger partial charge in [-0.3, -0.25) is 4.79 Å². The molecule has 2 fully saturated rings. The van der Waals surface area contributed by atoms with E-state index in [0.717, 1.165) is 24.7 Å². The van der Waals surface area contributed by atoms with Crippen molar-refractivity contribution in [1.29, 1.82) is 0 Å². The van der Waals surface area contributed by atoms with E-state index in [0.29, 0.717) is 11.8 Å². The molecule has 34 heavy (non-hydrogen) atoms. The van der Waals surface area contributed by atoms with Crippen LogP contribution < -0.4 is 0 Å². The van der Waals surface area contributed by atoms with Crippen molar-refractivity contribution in [3.63, 3.8) is 0 Å². The van der Waals surface area contributed by atoms with Gasteiger partial charge in [-0.1, -0.05) is 94.0 Å². The quantitative estimate of drug-likeness (QED) is 0.425. The summed E-state index contributed by atoms with van der Waals surface area (Å²) < 4.78 is 0. The Morgan fingerprint density at radius 2 is 1.62 bits per heavy atom. The monoisotopic (exact) mass is 464 g/mol. The highest BCUT2D eigenvalue weighted by atomic mass is 16.4. The number of fused-ring (bicyclic) bond motifs is 4. The van der Waals surface area contributed by atoms with Gasteiger partial charge in [0.2, 0.25) is 0 Å². The Hall–Kier alpha value is -1.83. The Balaban J connectivity index is 0.000000171. The molecule has 0 aliphatic heterocycles. The van der Waals surface area contributed by atoms with Crippen LogP contribution in [-0.4, -0.2) is 11.1 Å². The van der Waals surface area contributed by atoms with Crippen LogP contribution >= 0.6 is 0 Å². The molecule has 0 spiro atoms. The third kappa shape index (κ3) is 7.59. The zero-order chi connectivity index (χ0) is 24.2. The third-order valence-electron chi connectivity index (χ3n) is 8.74. The van der Waals surface area contributed by atoms with Gasteiger partial charge in [0.05, 0.1) is 0 Å². The van der Waals surface area contributed by atoms with E-state index in [9.17, 15) is 4.79 Å². The van der Waals surface area contributed by atoms with Crippen LogP contribution in [-0.2, 0) is 4.79 Å². The average Bonchev–Trinajstić information content (AvgIpc) is 3.27. The van der Waals surface area contributed by atoms with E-state index >= 15 is 0 Å². The molecule has 2 nitrogen and oxygen atoms in total. The number of hydrogen-bond donors (Lipinski definition) is 1. The van der Waals surface area contributed by atoms with Crippen LogP contribution in [0.15, 0.2) is 59.2 Å². The van der Waals surface area contributed by atoms with Gasteiger partial charge in [0.25, 0.3) is 0 Å².